The van der Waals surface area contributed by atoms with E-state index in [9.17, 15) is 9.59 Å². The first-order valence-corrected chi connectivity index (χ1v) is 9.58. The van der Waals surface area contributed by atoms with E-state index < -0.39 is 11.2 Å². The zero-order valence-corrected chi connectivity index (χ0v) is 12.9. The second-order valence-electron chi connectivity index (χ2n) is 4.27. The molecule has 1 aromatic heterocycles. The SMILES string of the molecule is C[C@H]1CC(COPI)O[C@H]1n1ccc(=O)[nH]c1=O. The van der Waals surface area contributed by atoms with Gasteiger partial charge < -0.3 is 9.26 Å². The number of aromatic amines is 1. The Morgan fingerprint density at radius 2 is 2.44 bits per heavy atom. The minimum atomic E-state index is -0.434. The highest BCUT2D eigenvalue weighted by Gasteiger charge is 2.34. The Bertz CT molecular complexity index is 517. The normalized spacial score (nSPS) is 28.2. The highest BCUT2D eigenvalue weighted by molar-refractivity contribution is 14.2. The van der Waals surface area contributed by atoms with Crippen molar-refractivity contribution in [2.45, 2.75) is 25.7 Å². The van der Waals surface area contributed by atoms with Gasteiger partial charge in [0.2, 0.25) is 0 Å². The van der Waals surface area contributed by atoms with Crippen molar-refractivity contribution >= 4 is 28.5 Å². The molecule has 0 bridgehead atoms. The largest absolute Gasteiger partial charge is 0.352 e. The van der Waals surface area contributed by atoms with E-state index in [0.29, 0.717) is 13.1 Å². The highest BCUT2D eigenvalue weighted by atomic mass is 127. The molecule has 1 aliphatic rings. The monoisotopic (exact) mass is 384 g/mol. The Morgan fingerprint density at radius 1 is 1.67 bits per heavy atom. The van der Waals surface area contributed by atoms with Gasteiger partial charge in [-0.2, -0.15) is 0 Å². The molecule has 2 rings (SSSR count). The standard InChI is InChI=1S/C10H14IN2O4P/c1-6-4-7(5-16-18-11)17-9(6)13-3-2-8(14)12-10(13)15/h2-3,6-7,9,18H,4-5H2,1H3,(H,12,14,15)/t6-,7?,9+/m0/s1. The van der Waals surface area contributed by atoms with Crippen LogP contribution in [-0.2, 0) is 9.26 Å². The van der Waals surface area contributed by atoms with Gasteiger partial charge in [0, 0.05) is 18.2 Å². The zero-order chi connectivity index (χ0) is 13.1. The van der Waals surface area contributed by atoms with Crippen LogP contribution in [0.2, 0.25) is 0 Å². The second kappa shape index (κ2) is 6.27. The van der Waals surface area contributed by atoms with Crippen molar-refractivity contribution in [2.75, 3.05) is 6.61 Å². The van der Waals surface area contributed by atoms with Gasteiger partial charge in [-0.05, 0) is 28.5 Å². The summed E-state index contributed by atoms with van der Waals surface area (Å²) < 4.78 is 12.6. The minimum absolute atomic E-state index is 0.00564. The van der Waals surface area contributed by atoms with E-state index in [-0.39, 0.29) is 18.2 Å². The molecular formula is C10H14IN2O4P. The van der Waals surface area contributed by atoms with E-state index in [1.54, 1.807) is 0 Å². The fraction of sp³-hybridized carbons (Fsp3) is 0.600. The summed E-state index contributed by atoms with van der Waals surface area (Å²) in [4.78, 5) is 24.9. The van der Waals surface area contributed by atoms with Crippen LogP contribution in [0.4, 0.5) is 0 Å². The molecule has 2 heterocycles. The number of H-pyrrole nitrogens is 1. The average Bonchev–Trinajstić information content (AvgIpc) is 2.68. The van der Waals surface area contributed by atoms with Gasteiger partial charge in [-0.15, -0.1) is 0 Å². The number of nitrogens with zero attached hydrogens (tertiary/aromatic N) is 1. The van der Waals surface area contributed by atoms with Crippen molar-refractivity contribution in [3.8, 4) is 0 Å². The molecule has 1 aliphatic heterocycles. The summed E-state index contributed by atoms with van der Waals surface area (Å²) in [7, 11) is 0. The first-order valence-electron chi connectivity index (χ1n) is 5.56. The predicted octanol–water partition coefficient (Wildman–Crippen LogP) is 1.42. The Balaban J connectivity index is 2.14. The Labute approximate surface area is 118 Å². The van der Waals surface area contributed by atoms with E-state index in [2.05, 4.69) is 27.0 Å². The van der Waals surface area contributed by atoms with Crippen LogP contribution in [0.1, 0.15) is 19.6 Å². The summed E-state index contributed by atoms with van der Waals surface area (Å²) in [6.07, 6.45) is 2.00. The molecule has 0 saturated carbocycles. The van der Waals surface area contributed by atoms with Crippen LogP contribution in [0, 0.1) is 5.92 Å². The molecular weight excluding hydrogens is 370 g/mol. The van der Waals surface area contributed by atoms with Crippen molar-refractivity contribution in [1.82, 2.24) is 9.55 Å². The quantitative estimate of drug-likeness (QED) is 0.630. The summed E-state index contributed by atoms with van der Waals surface area (Å²) in [5.41, 5.74) is -0.829. The van der Waals surface area contributed by atoms with Crippen LogP contribution in [0.15, 0.2) is 21.9 Å². The number of rotatable bonds is 4. The number of halogens is 1. The number of hydrogen-bond donors (Lipinski definition) is 1. The lowest BCUT2D eigenvalue weighted by Gasteiger charge is -2.17. The lowest BCUT2D eigenvalue weighted by Crippen LogP contribution is -2.33. The smallest absolute Gasteiger partial charge is 0.330 e. The molecule has 0 spiro atoms. The molecule has 6 nitrogen and oxygen atoms in total. The van der Waals surface area contributed by atoms with E-state index in [0.717, 1.165) is 6.42 Å². The lowest BCUT2D eigenvalue weighted by atomic mass is 10.1. The fourth-order valence-corrected chi connectivity index (χ4v) is 2.91. The van der Waals surface area contributed by atoms with Gasteiger partial charge in [0.25, 0.3) is 5.56 Å². The third-order valence-corrected chi connectivity index (χ3v) is 4.11. The minimum Gasteiger partial charge on any atom is -0.352 e. The maximum absolute atomic E-state index is 11.7. The Kier molecular flexibility index (Phi) is 4.94. The third kappa shape index (κ3) is 3.20. The molecule has 18 heavy (non-hydrogen) atoms. The predicted molar refractivity (Wildman–Crippen MR) is 77.3 cm³/mol. The van der Waals surface area contributed by atoms with Crippen molar-refractivity contribution in [3.05, 3.63) is 33.1 Å². The van der Waals surface area contributed by atoms with E-state index in [1.807, 2.05) is 6.92 Å². The molecule has 0 aromatic carbocycles. The van der Waals surface area contributed by atoms with Crippen molar-refractivity contribution < 1.29 is 9.26 Å². The molecule has 1 aromatic rings. The Hall–Kier alpha value is -0.240. The second-order valence-corrected chi connectivity index (χ2v) is 6.03. The van der Waals surface area contributed by atoms with E-state index in [1.165, 1.54) is 16.8 Å². The fourth-order valence-electron chi connectivity index (χ4n) is 2.12. The maximum Gasteiger partial charge on any atom is 0.330 e. The van der Waals surface area contributed by atoms with Gasteiger partial charge >= 0.3 is 5.69 Å². The topological polar surface area (TPSA) is 73.3 Å². The third-order valence-electron chi connectivity index (χ3n) is 2.90. The highest BCUT2D eigenvalue weighted by Crippen LogP contribution is 2.34. The summed E-state index contributed by atoms with van der Waals surface area (Å²) in [5, 5.41) is 0. The summed E-state index contributed by atoms with van der Waals surface area (Å²) in [6, 6.07) is 1.33. The van der Waals surface area contributed by atoms with Crippen LogP contribution in [0.5, 0.6) is 0 Å². The van der Waals surface area contributed by atoms with Gasteiger partial charge in [-0.1, -0.05) is 6.92 Å². The number of ether oxygens (including phenoxy) is 1. The molecule has 1 saturated heterocycles. The molecule has 1 fully saturated rings. The number of nitrogens with one attached hydrogen (secondary N) is 1. The molecule has 2 unspecified atom stereocenters. The summed E-state index contributed by atoms with van der Waals surface area (Å²) >= 11 is 2.16. The van der Waals surface area contributed by atoms with E-state index in [4.69, 9.17) is 9.26 Å². The number of aromatic nitrogens is 2. The molecule has 0 amide bonds. The van der Waals surface area contributed by atoms with Crippen LogP contribution >= 0.6 is 28.5 Å². The van der Waals surface area contributed by atoms with Crippen molar-refractivity contribution in [3.63, 3.8) is 0 Å². The summed E-state index contributed by atoms with van der Waals surface area (Å²) in [5.74, 6) is 0.208. The van der Waals surface area contributed by atoms with Gasteiger partial charge in [-0.3, -0.25) is 14.3 Å². The zero-order valence-electron chi connectivity index (χ0n) is 9.76. The van der Waals surface area contributed by atoms with Gasteiger partial charge in [0.05, 0.1) is 19.2 Å². The van der Waals surface area contributed by atoms with E-state index >= 15 is 0 Å². The van der Waals surface area contributed by atoms with Crippen molar-refractivity contribution in [2.24, 2.45) is 5.92 Å². The van der Waals surface area contributed by atoms with Gasteiger partial charge in [-0.25, -0.2) is 4.79 Å². The van der Waals surface area contributed by atoms with Crippen LogP contribution in [0.3, 0.4) is 0 Å². The first-order chi connectivity index (χ1) is 8.61. The van der Waals surface area contributed by atoms with Crippen molar-refractivity contribution in [1.29, 1.82) is 0 Å². The average molecular weight is 384 g/mol. The molecule has 4 atom stereocenters. The molecule has 0 aliphatic carbocycles. The van der Waals surface area contributed by atoms with Gasteiger partial charge in [0.1, 0.15) is 6.23 Å². The first kappa shape index (κ1) is 14.2. The molecule has 0 radical (unpaired) electrons. The molecule has 100 valence electrons. The molecule has 8 heteroatoms. The van der Waals surface area contributed by atoms with Crippen LogP contribution in [-0.4, -0.2) is 22.3 Å². The van der Waals surface area contributed by atoms with Crippen LogP contribution in [0.25, 0.3) is 0 Å². The Morgan fingerprint density at radius 3 is 3.11 bits per heavy atom. The summed E-state index contributed by atoms with van der Waals surface area (Å²) in [6.45, 7) is 2.97. The molecule has 1 N–H and O–H groups in total. The lowest BCUT2D eigenvalue weighted by molar-refractivity contribution is -0.0273. The van der Waals surface area contributed by atoms with Crippen LogP contribution < -0.4 is 11.2 Å². The van der Waals surface area contributed by atoms with Gasteiger partial charge in [0.15, 0.2) is 0 Å². The number of hydrogen-bond acceptors (Lipinski definition) is 4. The maximum atomic E-state index is 11.7.